The molecule has 0 radical (unpaired) electrons. The maximum absolute atomic E-state index is 12.8. The van der Waals surface area contributed by atoms with Crippen molar-refractivity contribution < 1.29 is 92.3 Å². The van der Waals surface area contributed by atoms with E-state index in [-0.39, 0.29) is 73.2 Å². The fourth-order valence-electron chi connectivity index (χ4n) is 10.3. The highest BCUT2D eigenvalue weighted by atomic mass is 32.2. The maximum Gasteiger partial charge on any atom is 0.303 e. The van der Waals surface area contributed by atoms with E-state index in [1.54, 1.807) is 85.7 Å². The van der Waals surface area contributed by atoms with Crippen molar-refractivity contribution >= 4 is 111 Å². The molecule has 2 heterocycles. The predicted molar refractivity (Wildman–Crippen MR) is 289 cm³/mol. The number of hydrogen-bond donors (Lipinski definition) is 7. The second kappa shape index (κ2) is 21.4. The van der Waals surface area contributed by atoms with Gasteiger partial charge in [0.15, 0.2) is 5.71 Å². The molecule has 0 saturated carbocycles. The van der Waals surface area contributed by atoms with E-state index in [1.165, 1.54) is 24.3 Å². The van der Waals surface area contributed by atoms with Crippen LogP contribution in [0.2, 0.25) is 0 Å². The molecule has 0 aromatic heterocycles. The van der Waals surface area contributed by atoms with E-state index in [0.717, 1.165) is 12.1 Å². The summed E-state index contributed by atoms with van der Waals surface area (Å²) >= 11 is 0. The Hall–Kier alpha value is -5.76. The Morgan fingerprint density at radius 1 is 0.590 bits per heavy atom. The number of benzene rings is 5. The summed E-state index contributed by atoms with van der Waals surface area (Å²) in [5, 5.41) is 9.23. The fraction of sp³-hybridized carbons (Fsp3) is 0.320. The lowest BCUT2D eigenvalue weighted by atomic mass is 9.79. The highest BCUT2D eigenvalue weighted by molar-refractivity contribution is 7.87. The van der Waals surface area contributed by atoms with E-state index < -0.39 is 109 Å². The fourth-order valence-corrected chi connectivity index (χ4v) is 14.1. The predicted octanol–water partition coefficient (Wildman–Crippen LogP) is 7.03. The number of fused-ring (bicyclic) bond motifs is 6. The van der Waals surface area contributed by atoms with Gasteiger partial charge in [-0.05, 0) is 115 Å². The van der Waals surface area contributed by atoms with E-state index in [0.29, 0.717) is 62.7 Å². The number of carbonyl (C=O) groups is 1. The van der Waals surface area contributed by atoms with Gasteiger partial charge in [0.05, 0.1) is 26.7 Å². The molecule has 0 amide bonds. The lowest BCUT2D eigenvalue weighted by Gasteiger charge is -2.28. The molecule has 0 atom stereocenters. The number of rotatable bonds is 21. The summed E-state index contributed by atoms with van der Waals surface area (Å²) in [4.78, 5) is 9.97. The molecule has 2 aliphatic rings. The zero-order chi connectivity index (χ0) is 57.9. The molecule has 7 rings (SSSR count). The van der Waals surface area contributed by atoms with Crippen LogP contribution in [-0.4, -0.2) is 124 Å². The van der Waals surface area contributed by atoms with Crippen LogP contribution in [0.5, 0.6) is 0 Å². The molecule has 5 aromatic rings. The average molecular weight is 1200 g/mol. The minimum atomic E-state index is -5.12. The van der Waals surface area contributed by atoms with Crippen LogP contribution in [0.1, 0.15) is 82.1 Å². The van der Waals surface area contributed by atoms with Crippen LogP contribution >= 0.6 is 0 Å². The van der Waals surface area contributed by atoms with E-state index >= 15 is 0 Å². The van der Waals surface area contributed by atoms with E-state index in [9.17, 15) is 87.7 Å². The molecule has 0 saturated heterocycles. The summed E-state index contributed by atoms with van der Waals surface area (Å²) in [6.45, 7) is 7.11. The van der Waals surface area contributed by atoms with E-state index in [1.807, 2.05) is 0 Å². The molecule has 5 aromatic carbocycles. The van der Waals surface area contributed by atoms with Gasteiger partial charge >= 0.3 is 5.97 Å². The Kier molecular flexibility index (Phi) is 16.4. The Balaban J connectivity index is 1.48. The standard InChI is InChI=1S/C50H54N2O20S6/c1-49(2)44(51(22-5-7-24-73(55,56)57)40-19-17-36-38(47(40)49)27-34(75(61,62)63)29-42(36)77(67,68)69)11-9-10-33(32-15-12-31(13-16-32)14-21-46(53)54)26-45-50(3,4)48-39-28-35(76(64,65)66)30-43(78(70,71)72)37(39)18-20-41(48)52(45)23-6-8-25-74(58,59)60/h9-13,15-20,26-30H,5-8,14,21-25H2,1-4H3,(H6-,53,54,55,56,57,58,59,60,61,62,63,64,65,66,67,68,69,70,71,72)/p+1. The maximum atomic E-state index is 12.8. The number of hydrogen-bond acceptors (Lipinski definition) is 14. The molecule has 0 aliphatic carbocycles. The van der Waals surface area contributed by atoms with Gasteiger partial charge in [-0.15, -0.1) is 0 Å². The Labute approximate surface area is 451 Å². The molecule has 78 heavy (non-hydrogen) atoms. The molecule has 0 fully saturated rings. The van der Waals surface area contributed by atoms with Crippen LogP contribution in [0.15, 0.2) is 122 Å². The van der Waals surface area contributed by atoms with Crippen molar-refractivity contribution in [2.45, 2.75) is 96.6 Å². The number of unbranched alkanes of at least 4 members (excludes halogenated alkanes) is 2. The third kappa shape index (κ3) is 13.0. The number of carboxylic acid groups (broad SMARTS) is 1. The molecule has 7 N–H and O–H groups in total. The van der Waals surface area contributed by atoms with Gasteiger partial charge in [-0.25, -0.2) is 0 Å². The first-order valence-corrected chi connectivity index (χ1v) is 32.7. The van der Waals surface area contributed by atoms with Crippen LogP contribution in [0, 0.1) is 0 Å². The molecule has 28 heteroatoms. The number of aryl methyl sites for hydroxylation is 1. The van der Waals surface area contributed by atoms with Gasteiger partial charge in [0.2, 0.25) is 5.69 Å². The zero-order valence-corrected chi connectivity index (χ0v) is 47.0. The normalized spacial score (nSPS) is 16.7. The summed E-state index contributed by atoms with van der Waals surface area (Å²) in [5.41, 5.74) is 1.69. The monoisotopic (exact) mass is 1200 g/mol. The Morgan fingerprint density at radius 2 is 1.10 bits per heavy atom. The molecular formula is C50H55N2O20S6+. The third-order valence-electron chi connectivity index (χ3n) is 13.7. The van der Waals surface area contributed by atoms with Crippen molar-refractivity contribution in [3.05, 3.63) is 125 Å². The lowest BCUT2D eigenvalue weighted by molar-refractivity contribution is -0.438. The van der Waals surface area contributed by atoms with E-state index in [4.69, 9.17) is 0 Å². The smallest absolute Gasteiger partial charge is 0.303 e. The first-order valence-electron chi connectivity index (χ1n) is 23.7. The summed E-state index contributed by atoms with van der Waals surface area (Å²) in [7, 11) is -29.1. The number of anilines is 1. The van der Waals surface area contributed by atoms with Crippen LogP contribution < -0.4 is 4.90 Å². The second-order valence-electron chi connectivity index (χ2n) is 19.9. The number of aliphatic carboxylic acids is 1. The Morgan fingerprint density at radius 3 is 1.60 bits per heavy atom. The van der Waals surface area contributed by atoms with Gasteiger partial charge in [-0.3, -0.25) is 32.1 Å². The molecule has 0 bridgehead atoms. The van der Waals surface area contributed by atoms with Crippen LogP contribution in [-0.2, 0) is 82.8 Å². The highest BCUT2D eigenvalue weighted by Crippen LogP contribution is 2.53. The van der Waals surface area contributed by atoms with Crippen molar-refractivity contribution in [2.24, 2.45) is 0 Å². The summed E-state index contributed by atoms with van der Waals surface area (Å²) in [5.74, 6) is -2.20. The molecular weight excluding hydrogens is 1140 g/mol. The van der Waals surface area contributed by atoms with Gasteiger partial charge in [-0.2, -0.15) is 55.1 Å². The lowest BCUT2D eigenvalue weighted by Crippen LogP contribution is -2.28. The van der Waals surface area contributed by atoms with Gasteiger partial charge in [0.25, 0.3) is 60.7 Å². The van der Waals surface area contributed by atoms with Crippen molar-refractivity contribution in [2.75, 3.05) is 29.5 Å². The van der Waals surface area contributed by atoms with Crippen LogP contribution in [0.25, 0.3) is 27.1 Å². The highest BCUT2D eigenvalue weighted by Gasteiger charge is 2.47. The minimum Gasteiger partial charge on any atom is -0.481 e. The SMILES string of the molecule is CC1(C)C(=CC(=CC=CC2=[N+](CCCCS(=O)(=O)O)c3ccc4c(S(=O)(=O)O)cc(S(=O)(=O)O)cc4c3C2(C)C)c2ccc(CCC(=O)O)cc2)N(CCCCS(=O)(=O)O)c2ccc3c(S(=O)(=O)O)cc(S(=O)(=O)O)cc3c21. The minimum absolute atomic E-state index is 0.0100. The average Bonchev–Trinajstić information content (AvgIpc) is 3.81. The number of nitrogens with zero attached hydrogens (tertiary/aromatic N) is 2. The van der Waals surface area contributed by atoms with Crippen LogP contribution in [0.4, 0.5) is 11.4 Å². The van der Waals surface area contributed by atoms with Gasteiger partial charge in [-0.1, -0.05) is 56.3 Å². The Bertz CT molecular complexity index is 4160. The van der Waals surface area contributed by atoms with Crippen molar-refractivity contribution in [3.8, 4) is 0 Å². The van der Waals surface area contributed by atoms with Gasteiger partial charge in [0.1, 0.15) is 16.3 Å². The largest absolute Gasteiger partial charge is 0.481 e. The molecule has 420 valence electrons. The van der Waals surface area contributed by atoms with Gasteiger partial charge < -0.3 is 10.0 Å². The van der Waals surface area contributed by atoms with Crippen molar-refractivity contribution in [3.63, 3.8) is 0 Å². The molecule has 0 unspecified atom stereocenters. The van der Waals surface area contributed by atoms with E-state index in [2.05, 4.69) is 0 Å². The van der Waals surface area contributed by atoms with Gasteiger partial charge in [0, 0.05) is 64.7 Å². The summed E-state index contributed by atoms with van der Waals surface area (Å²) in [6, 6.07) is 16.0. The summed E-state index contributed by atoms with van der Waals surface area (Å²) < 4.78 is 210. The summed E-state index contributed by atoms with van der Waals surface area (Å²) in [6.07, 6.45) is 7.05. The van der Waals surface area contributed by atoms with Crippen LogP contribution in [0.3, 0.4) is 0 Å². The van der Waals surface area contributed by atoms with Crippen molar-refractivity contribution in [1.82, 2.24) is 0 Å². The first-order chi connectivity index (χ1) is 35.8. The third-order valence-corrected chi connectivity index (χ3v) is 18.8. The topological polar surface area (TPSA) is 370 Å². The van der Waals surface area contributed by atoms with Crippen molar-refractivity contribution in [1.29, 1.82) is 0 Å². The quantitative estimate of drug-likeness (QED) is 0.0168. The number of carboxylic acids is 1. The zero-order valence-electron chi connectivity index (χ0n) is 42.1. The number of allylic oxidation sites excluding steroid dienone is 6. The molecule has 22 nitrogen and oxygen atoms in total. The molecule has 0 spiro atoms. The molecule has 2 aliphatic heterocycles. The second-order valence-corrected chi connectivity index (χ2v) is 28.6. The first kappa shape index (κ1) is 59.9.